The Hall–Kier alpha value is -3.06. The van der Waals surface area contributed by atoms with Crippen LogP contribution >= 0.6 is 0 Å². The number of benzene rings is 2. The molecule has 0 saturated carbocycles. The fraction of sp³-hybridized carbons (Fsp3) is 0.125. The predicted molar refractivity (Wildman–Crippen MR) is 82.5 cm³/mol. The van der Waals surface area contributed by atoms with Gasteiger partial charge in [-0.15, -0.1) is 0 Å². The molecule has 0 fully saturated rings. The van der Waals surface area contributed by atoms with E-state index in [1.54, 1.807) is 12.1 Å². The van der Waals surface area contributed by atoms with E-state index in [0.29, 0.717) is 0 Å². The maximum absolute atomic E-state index is 10.4. The van der Waals surface area contributed by atoms with Gasteiger partial charge in [-0.25, -0.2) is 4.79 Å². The van der Waals surface area contributed by atoms with Crippen LogP contribution in [-0.4, -0.2) is 38.4 Å². The van der Waals surface area contributed by atoms with Crippen LogP contribution in [0.5, 0.6) is 11.5 Å². The highest BCUT2D eigenvalue weighted by molar-refractivity contribution is 5.87. The quantitative estimate of drug-likeness (QED) is 0.574. The lowest BCUT2D eigenvalue weighted by atomic mass is 10.1. The molecule has 7 heteroatoms. The molecule has 0 heterocycles. The summed E-state index contributed by atoms with van der Waals surface area (Å²) in [6.07, 6.45) is 0.273. The monoisotopic (exact) mass is 319 g/mol. The molecule has 0 spiro atoms. The van der Waals surface area contributed by atoms with Crippen molar-refractivity contribution in [2.24, 2.45) is 5.73 Å². The van der Waals surface area contributed by atoms with Crippen LogP contribution in [0.25, 0.3) is 0 Å². The highest BCUT2D eigenvalue weighted by Crippen LogP contribution is 2.11. The Kier molecular flexibility index (Phi) is 6.57. The van der Waals surface area contributed by atoms with E-state index in [9.17, 15) is 9.59 Å². The Morgan fingerprint density at radius 2 is 1.30 bits per heavy atom. The lowest BCUT2D eigenvalue weighted by Crippen LogP contribution is -2.32. The summed E-state index contributed by atoms with van der Waals surface area (Å²) < 4.78 is 0. The number of aromatic hydroxyl groups is 2. The Bertz CT molecular complexity index is 651. The standard InChI is InChI=1S/C9H11NO3.C7H6O3/c10-8(9(12)13)5-6-1-3-7(11)4-2-6;8-6-3-1-5(2-4-6)7(9)10/h1-4,8,11H,5,10H2,(H,12,13);1-4,8H,(H,9,10). The van der Waals surface area contributed by atoms with Crippen molar-refractivity contribution in [3.05, 3.63) is 59.7 Å². The number of carboxylic acid groups (broad SMARTS) is 2. The first-order valence-corrected chi connectivity index (χ1v) is 6.58. The molecule has 122 valence electrons. The maximum Gasteiger partial charge on any atom is 0.335 e. The van der Waals surface area contributed by atoms with Crippen LogP contribution in [-0.2, 0) is 11.2 Å². The second kappa shape index (κ2) is 8.40. The van der Waals surface area contributed by atoms with Gasteiger partial charge in [-0.3, -0.25) is 4.79 Å². The van der Waals surface area contributed by atoms with E-state index >= 15 is 0 Å². The van der Waals surface area contributed by atoms with Crippen LogP contribution in [0, 0.1) is 0 Å². The minimum atomic E-state index is -1.02. The minimum absolute atomic E-state index is 0.0741. The van der Waals surface area contributed by atoms with Crippen molar-refractivity contribution in [3.8, 4) is 11.5 Å². The second-order valence-electron chi connectivity index (χ2n) is 4.67. The fourth-order valence-electron chi connectivity index (χ4n) is 1.58. The predicted octanol–water partition coefficient (Wildman–Crippen LogP) is 1.44. The molecule has 2 rings (SSSR count). The fourth-order valence-corrected chi connectivity index (χ4v) is 1.58. The van der Waals surface area contributed by atoms with Crippen LogP contribution < -0.4 is 5.73 Å². The molecule has 0 bridgehead atoms. The number of phenols is 2. The normalized spacial score (nSPS) is 11.0. The molecule has 23 heavy (non-hydrogen) atoms. The second-order valence-corrected chi connectivity index (χ2v) is 4.67. The van der Waals surface area contributed by atoms with Crippen LogP contribution in [0.2, 0.25) is 0 Å². The summed E-state index contributed by atoms with van der Waals surface area (Å²) in [5, 5.41) is 34.6. The number of hydrogen-bond donors (Lipinski definition) is 5. The molecule has 6 N–H and O–H groups in total. The topological polar surface area (TPSA) is 141 Å². The molecule has 1 unspecified atom stereocenters. The van der Waals surface area contributed by atoms with E-state index < -0.39 is 18.0 Å². The van der Waals surface area contributed by atoms with E-state index in [2.05, 4.69) is 0 Å². The Labute approximate surface area is 132 Å². The number of carbonyl (C=O) groups is 2. The number of hydrogen-bond acceptors (Lipinski definition) is 5. The van der Waals surface area contributed by atoms with E-state index in [-0.39, 0.29) is 23.5 Å². The van der Waals surface area contributed by atoms with E-state index in [4.69, 9.17) is 26.2 Å². The van der Waals surface area contributed by atoms with Gasteiger partial charge in [-0.2, -0.15) is 0 Å². The molecule has 2 aromatic rings. The molecule has 0 radical (unpaired) electrons. The van der Waals surface area contributed by atoms with Gasteiger partial charge in [0.15, 0.2) is 0 Å². The first kappa shape index (κ1) is 18.0. The van der Waals surface area contributed by atoms with Crippen molar-refractivity contribution in [1.82, 2.24) is 0 Å². The van der Waals surface area contributed by atoms with E-state index in [1.807, 2.05) is 0 Å². The number of aromatic carboxylic acids is 1. The van der Waals surface area contributed by atoms with Gasteiger partial charge < -0.3 is 26.2 Å². The molecule has 7 nitrogen and oxygen atoms in total. The average Bonchev–Trinajstić information content (AvgIpc) is 2.50. The number of phenolic OH excluding ortho intramolecular Hbond substituents is 2. The zero-order chi connectivity index (χ0) is 17.4. The third-order valence-corrected chi connectivity index (χ3v) is 2.82. The molecule has 0 aliphatic carbocycles. The summed E-state index contributed by atoms with van der Waals surface area (Å²) in [7, 11) is 0. The third kappa shape index (κ3) is 6.49. The summed E-state index contributed by atoms with van der Waals surface area (Å²) in [5.74, 6) is -1.77. The largest absolute Gasteiger partial charge is 0.508 e. The van der Waals surface area contributed by atoms with Crippen molar-refractivity contribution in [3.63, 3.8) is 0 Å². The third-order valence-electron chi connectivity index (χ3n) is 2.82. The number of aliphatic carboxylic acids is 1. The summed E-state index contributed by atoms with van der Waals surface area (Å²) in [4.78, 5) is 20.6. The summed E-state index contributed by atoms with van der Waals surface area (Å²) in [6, 6.07) is 10.8. The number of carboxylic acids is 2. The average molecular weight is 319 g/mol. The van der Waals surface area contributed by atoms with Crippen molar-refractivity contribution >= 4 is 11.9 Å². The summed E-state index contributed by atoms with van der Waals surface area (Å²) in [6.45, 7) is 0. The van der Waals surface area contributed by atoms with Crippen molar-refractivity contribution in [1.29, 1.82) is 0 Å². The molecular weight excluding hydrogens is 302 g/mol. The van der Waals surface area contributed by atoms with Gasteiger partial charge in [0, 0.05) is 0 Å². The van der Waals surface area contributed by atoms with Gasteiger partial charge in [0.1, 0.15) is 17.5 Å². The lowest BCUT2D eigenvalue weighted by molar-refractivity contribution is -0.138. The van der Waals surface area contributed by atoms with Gasteiger partial charge in [-0.1, -0.05) is 12.1 Å². The van der Waals surface area contributed by atoms with Crippen LogP contribution in [0.4, 0.5) is 0 Å². The Balaban J connectivity index is 0.000000238. The molecule has 0 aromatic heterocycles. The SMILES string of the molecule is NC(Cc1ccc(O)cc1)C(=O)O.O=C(O)c1ccc(O)cc1. The zero-order valence-electron chi connectivity index (χ0n) is 12.1. The van der Waals surface area contributed by atoms with Crippen molar-refractivity contribution in [2.75, 3.05) is 0 Å². The van der Waals surface area contributed by atoms with Crippen molar-refractivity contribution in [2.45, 2.75) is 12.5 Å². The van der Waals surface area contributed by atoms with Gasteiger partial charge in [0.25, 0.3) is 0 Å². The van der Waals surface area contributed by atoms with E-state index in [1.165, 1.54) is 36.4 Å². The van der Waals surface area contributed by atoms with Gasteiger partial charge in [0.2, 0.25) is 0 Å². The molecular formula is C16H17NO6. The first-order valence-electron chi connectivity index (χ1n) is 6.58. The first-order chi connectivity index (χ1) is 10.8. The van der Waals surface area contributed by atoms with Gasteiger partial charge in [0.05, 0.1) is 5.56 Å². The van der Waals surface area contributed by atoms with Crippen LogP contribution in [0.1, 0.15) is 15.9 Å². The molecule has 0 amide bonds. The molecule has 0 aliphatic rings. The van der Waals surface area contributed by atoms with Crippen LogP contribution in [0.3, 0.4) is 0 Å². The summed E-state index contributed by atoms with van der Waals surface area (Å²) in [5.41, 5.74) is 6.30. The highest BCUT2D eigenvalue weighted by atomic mass is 16.4. The van der Waals surface area contributed by atoms with Crippen molar-refractivity contribution < 1.29 is 30.0 Å². The molecule has 1 atom stereocenters. The zero-order valence-corrected chi connectivity index (χ0v) is 12.1. The lowest BCUT2D eigenvalue weighted by Gasteiger charge is -2.05. The Morgan fingerprint density at radius 1 is 0.870 bits per heavy atom. The molecule has 2 aromatic carbocycles. The number of nitrogens with two attached hydrogens (primary N) is 1. The van der Waals surface area contributed by atoms with Gasteiger partial charge >= 0.3 is 11.9 Å². The van der Waals surface area contributed by atoms with Crippen LogP contribution in [0.15, 0.2) is 48.5 Å². The van der Waals surface area contributed by atoms with E-state index in [0.717, 1.165) is 5.56 Å². The Morgan fingerprint density at radius 3 is 1.70 bits per heavy atom. The summed E-state index contributed by atoms with van der Waals surface area (Å²) >= 11 is 0. The minimum Gasteiger partial charge on any atom is -0.508 e. The number of rotatable bonds is 4. The molecule has 0 saturated heterocycles. The highest BCUT2D eigenvalue weighted by Gasteiger charge is 2.11. The maximum atomic E-state index is 10.4. The smallest absolute Gasteiger partial charge is 0.335 e. The van der Waals surface area contributed by atoms with Gasteiger partial charge in [-0.05, 0) is 48.4 Å². The molecule has 0 aliphatic heterocycles.